The van der Waals surface area contributed by atoms with Gasteiger partial charge < -0.3 is 5.32 Å². The third-order valence-corrected chi connectivity index (χ3v) is 6.47. The van der Waals surface area contributed by atoms with Gasteiger partial charge in [0, 0.05) is 23.7 Å². The zero-order valence-electron chi connectivity index (χ0n) is 16.0. The smallest absolute Gasteiger partial charge is 0.273 e. The summed E-state index contributed by atoms with van der Waals surface area (Å²) in [5, 5.41) is 5.94. The maximum atomic E-state index is 12.6. The Morgan fingerprint density at radius 3 is 2.52 bits per heavy atom. The van der Waals surface area contributed by atoms with Crippen molar-refractivity contribution in [2.45, 2.75) is 11.3 Å². The van der Waals surface area contributed by atoms with E-state index in [4.69, 9.17) is 0 Å². The van der Waals surface area contributed by atoms with E-state index in [0.717, 1.165) is 0 Å². The average molecular weight is 456 g/mol. The Morgan fingerprint density at radius 2 is 1.84 bits per heavy atom. The molecule has 0 bridgehead atoms. The maximum Gasteiger partial charge on any atom is 0.273 e. The number of aromatic nitrogens is 1. The molecule has 3 N–H and O–H groups in total. The van der Waals surface area contributed by atoms with E-state index < -0.39 is 15.9 Å². The van der Waals surface area contributed by atoms with Gasteiger partial charge in [-0.1, -0.05) is 18.2 Å². The lowest BCUT2D eigenvalue weighted by Gasteiger charge is -2.28. The highest BCUT2D eigenvalue weighted by molar-refractivity contribution is 7.93. The summed E-state index contributed by atoms with van der Waals surface area (Å²) in [5.41, 5.74) is 4.06. The van der Waals surface area contributed by atoms with Gasteiger partial charge in [-0.2, -0.15) is 0 Å². The highest BCUT2D eigenvalue weighted by Gasteiger charge is 2.24. The SMILES string of the molecule is O=C(Nc1ccc(S(=O)(=O)Nc2nccs2)cc1)C1=CCC(=O)N(c2ccccc2)N1. The van der Waals surface area contributed by atoms with Crippen LogP contribution in [0.4, 0.5) is 16.5 Å². The first-order chi connectivity index (χ1) is 14.9. The van der Waals surface area contributed by atoms with Gasteiger partial charge in [0.1, 0.15) is 5.70 Å². The fourth-order valence-electron chi connectivity index (χ4n) is 2.80. The standard InChI is InChI=1S/C20H17N5O4S2/c26-18-11-10-17(23-25(18)15-4-2-1-3-5-15)19(27)22-14-6-8-16(9-7-14)31(28,29)24-20-21-12-13-30-20/h1-10,12-13,23H,11H2,(H,21,24)(H,22,27). The Hall–Kier alpha value is -3.70. The third-order valence-electron chi connectivity index (χ3n) is 4.30. The van der Waals surface area contributed by atoms with Crippen LogP contribution in [0.25, 0.3) is 0 Å². The molecule has 0 saturated carbocycles. The van der Waals surface area contributed by atoms with Crippen LogP contribution in [0.1, 0.15) is 6.42 Å². The molecule has 2 amide bonds. The predicted molar refractivity (Wildman–Crippen MR) is 118 cm³/mol. The number of carbonyl (C=O) groups excluding carboxylic acids is 2. The molecule has 1 aromatic heterocycles. The molecule has 0 unspecified atom stereocenters. The van der Waals surface area contributed by atoms with Crippen molar-refractivity contribution in [3.8, 4) is 0 Å². The quantitative estimate of drug-likeness (QED) is 0.526. The molecule has 31 heavy (non-hydrogen) atoms. The third kappa shape index (κ3) is 4.73. The van der Waals surface area contributed by atoms with Gasteiger partial charge in [0.05, 0.1) is 10.6 Å². The van der Waals surface area contributed by atoms with Crippen LogP contribution in [-0.4, -0.2) is 25.2 Å². The summed E-state index contributed by atoms with van der Waals surface area (Å²) in [5.74, 6) is -0.644. The van der Waals surface area contributed by atoms with E-state index in [-0.39, 0.29) is 28.1 Å². The van der Waals surface area contributed by atoms with E-state index in [0.29, 0.717) is 11.4 Å². The Morgan fingerprint density at radius 1 is 1.10 bits per heavy atom. The lowest BCUT2D eigenvalue weighted by molar-refractivity contribution is -0.119. The molecule has 4 rings (SSSR count). The number of sulfonamides is 1. The van der Waals surface area contributed by atoms with Crippen molar-refractivity contribution >= 4 is 49.7 Å². The first-order valence-corrected chi connectivity index (χ1v) is 11.5. The van der Waals surface area contributed by atoms with Crippen LogP contribution in [0, 0.1) is 0 Å². The molecule has 0 atom stereocenters. The van der Waals surface area contributed by atoms with E-state index in [1.165, 1.54) is 52.9 Å². The number of rotatable bonds is 6. The number of hydrazine groups is 1. The number of hydrogen-bond acceptors (Lipinski definition) is 7. The molecule has 2 heterocycles. The largest absolute Gasteiger partial charge is 0.321 e. The normalized spacial score (nSPS) is 13.9. The Labute approximate surface area is 182 Å². The number of para-hydroxylation sites is 1. The summed E-state index contributed by atoms with van der Waals surface area (Å²) in [4.78, 5) is 28.8. The molecule has 2 aromatic carbocycles. The fourth-order valence-corrected chi connectivity index (χ4v) is 4.59. The molecule has 3 aromatic rings. The van der Waals surface area contributed by atoms with Crippen molar-refractivity contribution in [3.05, 3.63) is 77.9 Å². The van der Waals surface area contributed by atoms with Crippen LogP contribution in [0.2, 0.25) is 0 Å². The Bertz CT molecular complexity index is 1220. The number of nitrogens with zero attached hydrogens (tertiary/aromatic N) is 2. The number of anilines is 3. The topological polar surface area (TPSA) is 120 Å². The van der Waals surface area contributed by atoms with E-state index in [1.54, 1.807) is 29.6 Å². The minimum Gasteiger partial charge on any atom is -0.321 e. The maximum absolute atomic E-state index is 12.6. The second kappa shape index (κ2) is 8.58. The summed E-state index contributed by atoms with van der Waals surface area (Å²) in [6, 6.07) is 14.7. The first-order valence-electron chi connectivity index (χ1n) is 9.11. The number of nitrogens with one attached hydrogen (secondary N) is 3. The van der Waals surface area contributed by atoms with Crippen molar-refractivity contribution in [2.75, 3.05) is 15.0 Å². The van der Waals surface area contributed by atoms with Gasteiger partial charge >= 0.3 is 0 Å². The van der Waals surface area contributed by atoms with Crippen molar-refractivity contribution in [3.63, 3.8) is 0 Å². The number of amides is 2. The lowest BCUT2D eigenvalue weighted by Crippen LogP contribution is -2.47. The molecule has 9 nitrogen and oxygen atoms in total. The first kappa shape index (κ1) is 20.6. The van der Waals surface area contributed by atoms with E-state index in [9.17, 15) is 18.0 Å². The lowest BCUT2D eigenvalue weighted by atomic mass is 10.2. The predicted octanol–water partition coefficient (Wildman–Crippen LogP) is 2.71. The van der Waals surface area contributed by atoms with Crippen LogP contribution in [0.15, 0.2) is 82.8 Å². The molecule has 0 aliphatic carbocycles. The molecule has 0 radical (unpaired) electrons. The molecule has 1 aliphatic rings. The highest BCUT2D eigenvalue weighted by Crippen LogP contribution is 2.21. The Kier molecular flexibility index (Phi) is 5.69. The molecule has 158 valence electrons. The minimum atomic E-state index is -3.78. The van der Waals surface area contributed by atoms with Gasteiger partial charge in [0.2, 0.25) is 5.91 Å². The zero-order valence-corrected chi connectivity index (χ0v) is 17.6. The minimum absolute atomic E-state index is 0.0385. The van der Waals surface area contributed by atoms with Gasteiger partial charge in [-0.05, 0) is 42.5 Å². The summed E-state index contributed by atoms with van der Waals surface area (Å²) >= 11 is 1.17. The van der Waals surface area contributed by atoms with Gasteiger partial charge in [-0.15, -0.1) is 11.3 Å². The molecule has 11 heteroatoms. The monoisotopic (exact) mass is 455 g/mol. The van der Waals surface area contributed by atoms with Crippen LogP contribution < -0.4 is 20.5 Å². The molecule has 0 fully saturated rings. The second-order valence-corrected chi connectivity index (χ2v) is 9.00. The number of carbonyl (C=O) groups is 2. The Balaban J connectivity index is 1.43. The fraction of sp³-hybridized carbons (Fsp3) is 0.0500. The second-order valence-electron chi connectivity index (χ2n) is 6.42. The molecular formula is C20H17N5O4S2. The van der Waals surface area contributed by atoms with Gasteiger partial charge in [-0.3, -0.25) is 19.7 Å². The highest BCUT2D eigenvalue weighted by atomic mass is 32.2. The van der Waals surface area contributed by atoms with Gasteiger partial charge in [0.15, 0.2) is 5.13 Å². The average Bonchev–Trinajstić information content (AvgIpc) is 3.27. The van der Waals surface area contributed by atoms with E-state index >= 15 is 0 Å². The summed E-state index contributed by atoms with van der Waals surface area (Å²) in [6.45, 7) is 0. The van der Waals surface area contributed by atoms with Gasteiger partial charge in [0.25, 0.3) is 15.9 Å². The molecule has 1 aliphatic heterocycles. The molecule has 0 saturated heterocycles. The molecule has 0 spiro atoms. The van der Waals surface area contributed by atoms with E-state index in [2.05, 4.69) is 20.4 Å². The van der Waals surface area contributed by atoms with Gasteiger partial charge in [-0.25, -0.2) is 18.4 Å². The molecular weight excluding hydrogens is 438 g/mol. The number of benzene rings is 2. The zero-order chi connectivity index (χ0) is 21.8. The van der Waals surface area contributed by atoms with Crippen molar-refractivity contribution in [1.29, 1.82) is 0 Å². The van der Waals surface area contributed by atoms with Crippen LogP contribution >= 0.6 is 11.3 Å². The van der Waals surface area contributed by atoms with Crippen molar-refractivity contribution < 1.29 is 18.0 Å². The van der Waals surface area contributed by atoms with Crippen molar-refractivity contribution in [1.82, 2.24) is 10.4 Å². The van der Waals surface area contributed by atoms with Crippen molar-refractivity contribution in [2.24, 2.45) is 0 Å². The van der Waals surface area contributed by atoms with Crippen LogP contribution in [0.3, 0.4) is 0 Å². The van der Waals surface area contributed by atoms with E-state index in [1.807, 2.05) is 6.07 Å². The summed E-state index contributed by atoms with van der Waals surface area (Å²) in [6.07, 6.45) is 3.08. The number of hydrogen-bond donors (Lipinski definition) is 3. The van der Waals surface area contributed by atoms with Crippen LogP contribution in [-0.2, 0) is 19.6 Å². The summed E-state index contributed by atoms with van der Waals surface area (Å²) < 4.78 is 27.2. The van der Waals surface area contributed by atoms with Crippen LogP contribution in [0.5, 0.6) is 0 Å². The summed E-state index contributed by atoms with van der Waals surface area (Å²) in [7, 11) is -3.78. The number of thiazole rings is 1.